The molecule has 0 spiro atoms. The Balaban J connectivity index is 1.44. The molecule has 0 bridgehead atoms. The Bertz CT molecular complexity index is 909. The van der Waals surface area contributed by atoms with E-state index in [1.165, 1.54) is 4.70 Å². The average molecular weight is 375 g/mol. The molecular weight excluding hydrogens is 356 g/mol. The number of halogens is 1. The van der Waals surface area contributed by atoms with Crippen LogP contribution in [0.3, 0.4) is 0 Å². The molecule has 0 aliphatic carbocycles. The average Bonchev–Trinajstić information content (AvgIpc) is 3.27. The lowest BCUT2D eigenvalue weighted by atomic mass is 9.97. The highest BCUT2D eigenvalue weighted by Crippen LogP contribution is 2.35. The second-order valence-corrected chi connectivity index (χ2v) is 7.85. The number of rotatable bonds is 3. The Morgan fingerprint density at radius 1 is 1.32 bits per heavy atom. The molecule has 0 radical (unpaired) electrons. The van der Waals surface area contributed by atoms with Crippen molar-refractivity contribution in [3.8, 4) is 0 Å². The van der Waals surface area contributed by atoms with Crippen molar-refractivity contribution in [2.75, 3.05) is 13.1 Å². The smallest absolute Gasteiger partial charge is 0.289 e. The number of hydrogen-bond acceptors (Lipinski definition) is 4. The lowest BCUT2D eigenvalue weighted by Crippen LogP contribution is -2.37. The fraction of sp³-hybridized carbons (Fsp3) is 0.368. The van der Waals surface area contributed by atoms with Crippen LogP contribution < -0.4 is 0 Å². The van der Waals surface area contributed by atoms with Gasteiger partial charge in [0.1, 0.15) is 5.76 Å². The van der Waals surface area contributed by atoms with E-state index in [0.717, 1.165) is 53.7 Å². The number of carbonyl (C=O) groups excluding carboxylic acids is 1. The zero-order chi connectivity index (χ0) is 17.4. The summed E-state index contributed by atoms with van der Waals surface area (Å²) < 4.78 is 6.76. The molecule has 0 unspecified atom stereocenters. The number of piperidine rings is 1. The third kappa shape index (κ3) is 3.31. The van der Waals surface area contributed by atoms with Crippen molar-refractivity contribution in [2.24, 2.45) is 0 Å². The molecule has 1 fully saturated rings. The van der Waals surface area contributed by atoms with Crippen LogP contribution >= 0.6 is 22.9 Å². The van der Waals surface area contributed by atoms with Crippen molar-refractivity contribution >= 4 is 39.1 Å². The van der Waals surface area contributed by atoms with E-state index in [0.29, 0.717) is 11.7 Å². The summed E-state index contributed by atoms with van der Waals surface area (Å²) in [7, 11) is 0. The number of likely N-dealkylation sites (tertiary alicyclic amines) is 1. The fourth-order valence-electron chi connectivity index (χ4n) is 3.26. The predicted molar refractivity (Wildman–Crippen MR) is 101 cm³/mol. The van der Waals surface area contributed by atoms with Gasteiger partial charge in [0, 0.05) is 30.5 Å². The number of nitrogens with zero attached hydrogens (tertiary/aromatic N) is 2. The van der Waals surface area contributed by atoms with Crippen LogP contribution in [-0.4, -0.2) is 28.9 Å². The zero-order valence-electron chi connectivity index (χ0n) is 14.0. The highest BCUT2D eigenvalue weighted by Gasteiger charge is 2.27. The maximum absolute atomic E-state index is 12.6. The summed E-state index contributed by atoms with van der Waals surface area (Å²) in [5.74, 6) is 1.70. The molecule has 0 saturated carbocycles. The highest BCUT2D eigenvalue weighted by atomic mass is 35.5. The van der Waals surface area contributed by atoms with Gasteiger partial charge in [-0.3, -0.25) is 4.79 Å². The Morgan fingerprint density at radius 3 is 2.84 bits per heavy atom. The summed E-state index contributed by atoms with van der Waals surface area (Å²) in [6.07, 6.45) is 2.66. The minimum Gasteiger partial charge on any atom is -0.456 e. The topological polar surface area (TPSA) is 46.3 Å². The molecule has 1 amide bonds. The van der Waals surface area contributed by atoms with E-state index in [4.69, 9.17) is 21.0 Å². The second kappa shape index (κ2) is 6.81. The van der Waals surface area contributed by atoms with Crippen LogP contribution in [-0.2, 0) is 6.42 Å². The number of amides is 1. The van der Waals surface area contributed by atoms with Gasteiger partial charge in [-0.1, -0.05) is 18.5 Å². The van der Waals surface area contributed by atoms with Gasteiger partial charge in [0.2, 0.25) is 0 Å². The minimum atomic E-state index is -0.00534. The number of furan rings is 1. The van der Waals surface area contributed by atoms with Gasteiger partial charge in [0.05, 0.1) is 15.2 Å². The number of carbonyl (C=O) groups is 1. The maximum atomic E-state index is 12.6. The molecule has 4 nitrogen and oxygen atoms in total. The molecule has 3 aromatic rings. The van der Waals surface area contributed by atoms with E-state index in [9.17, 15) is 4.79 Å². The van der Waals surface area contributed by atoms with E-state index in [1.807, 2.05) is 36.1 Å². The van der Waals surface area contributed by atoms with Crippen molar-refractivity contribution in [1.29, 1.82) is 0 Å². The molecule has 1 aromatic carbocycles. The molecule has 0 N–H and O–H groups in total. The number of fused-ring (bicyclic) bond motifs is 1. The summed E-state index contributed by atoms with van der Waals surface area (Å²) in [5, 5.41) is 1.87. The van der Waals surface area contributed by atoms with Crippen molar-refractivity contribution in [3.63, 3.8) is 0 Å². The molecule has 4 rings (SSSR count). The Kier molecular flexibility index (Phi) is 4.52. The van der Waals surface area contributed by atoms with Gasteiger partial charge in [-0.05, 0) is 43.2 Å². The van der Waals surface area contributed by atoms with E-state index in [1.54, 1.807) is 17.4 Å². The van der Waals surface area contributed by atoms with Gasteiger partial charge >= 0.3 is 0 Å². The number of hydrogen-bond donors (Lipinski definition) is 0. The van der Waals surface area contributed by atoms with E-state index < -0.39 is 0 Å². The molecule has 3 heterocycles. The lowest BCUT2D eigenvalue weighted by molar-refractivity contribution is 0.0679. The third-order valence-corrected chi connectivity index (χ3v) is 6.15. The zero-order valence-corrected chi connectivity index (χ0v) is 15.6. The standard InChI is InChI=1S/C19H19ClN2O2S/c1-2-14-4-5-16(24-14)19(23)22-9-7-12(8-10-22)18-21-15-11-13(20)3-6-17(15)25-18/h3-6,11-12H,2,7-10H2,1H3. The van der Waals surface area contributed by atoms with Crippen LogP contribution in [0, 0.1) is 0 Å². The van der Waals surface area contributed by atoms with Crippen molar-refractivity contribution in [1.82, 2.24) is 9.88 Å². The van der Waals surface area contributed by atoms with Crippen LogP contribution in [0.15, 0.2) is 34.7 Å². The third-order valence-electron chi connectivity index (χ3n) is 4.72. The quantitative estimate of drug-likeness (QED) is 0.638. The van der Waals surface area contributed by atoms with E-state index >= 15 is 0 Å². The molecule has 0 atom stereocenters. The monoisotopic (exact) mass is 374 g/mol. The molecule has 1 aliphatic rings. The summed E-state index contributed by atoms with van der Waals surface area (Å²) in [6.45, 7) is 3.49. The molecule has 25 heavy (non-hydrogen) atoms. The summed E-state index contributed by atoms with van der Waals surface area (Å²) in [5.41, 5.74) is 0.966. The van der Waals surface area contributed by atoms with Crippen LogP contribution in [0.5, 0.6) is 0 Å². The van der Waals surface area contributed by atoms with Crippen molar-refractivity contribution in [2.45, 2.75) is 32.1 Å². The molecular formula is C19H19ClN2O2S. The number of thiazole rings is 1. The van der Waals surface area contributed by atoms with Crippen LogP contribution in [0.25, 0.3) is 10.2 Å². The first-order valence-electron chi connectivity index (χ1n) is 8.58. The Labute approximate surface area is 155 Å². The molecule has 130 valence electrons. The van der Waals surface area contributed by atoms with Gasteiger partial charge in [-0.2, -0.15) is 0 Å². The van der Waals surface area contributed by atoms with Crippen LogP contribution in [0.1, 0.15) is 47.0 Å². The fourth-order valence-corrected chi connectivity index (χ4v) is 4.54. The van der Waals surface area contributed by atoms with Gasteiger partial charge in [-0.25, -0.2) is 4.98 Å². The van der Waals surface area contributed by atoms with Crippen molar-refractivity contribution in [3.05, 3.63) is 51.9 Å². The van der Waals surface area contributed by atoms with Gasteiger partial charge < -0.3 is 9.32 Å². The van der Waals surface area contributed by atoms with E-state index in [-0.39, 0.29) is 5.91 Å². The first-order chi connectivity index (χ1) is 12.1. The molecule has 1 saturated heterocycles. The van der Waals surface area contributed by atoms with Crippen LogP contribution in [0.4, 0.5) is 0 Å². The second-order valence-electron chi connectivity index (χ2n) is 6.35. The largest absolute Gasteiger partial charge is 0.456 e. The normalized spacial score (nSPS) is 15.8. The molecule has 1 aliphatic heterocycles. The Morgan fingerprint density at radius 2 is 2.12 bits per heavy atom. The number of aryl methyl sites for hydroxylation is 1. The predicted octanol–water partition coefficient (Wildman–Crippen LogP) is 5.12. The minimum absolute atomic E-state index is 0.00534. The van der Waals surface area contributed by atoms with Crippen molar-refractivity contribution < 1.29 is 9.21 Å². The maximum Gasteiger partial charge on any atom is 0.289 e. The highest BCUT2D eigenvalue weighted by molar-refractivity contribution is 7.18. The molecule has 2 aromatic heterocycles. The van der Waals surface area contributed by atoms with Crippen LogP contribution in [0.2, 0.25) is 5.02 Å². The van der Waals surface area contributed by atoms with Gasteiger partial charge in [-0.15, -0.1) is 11.3 Å². The number of aromatic nitrogens is 1. The first kappa shape index (κ1) is 16.6. The van der Waals surface area contributed by atoms with Gasteiger partial charge in [0.25, 0.3) is 5.91 Å². The first-order valence-corrected chi connectivity index (χ1v) is 9.77. The lowest BCUT2D eigenvalue weighted by Gasteiger charge is -2.30. The Hall–Kier alpha value is -1.85. The summed E-state index contributed by atoms with van der Waals surface area (Å²) in [4.78, 5) is 19.2. The summed E-state index contributed by atoms with van der Waals surface area (Å²) >= 11 is 7.78. The number of benzene rings is 1. The SMILES string of the molecule is CCc1ccc(C(=O)N2CCC(c3nc4cc(Cl)ccc4s3)CC2)o1. The van der Waals surface area contributed by atoms with Gasteiger partial charge in [0.15, 0.2) is 5.76 Å². The summed E-state index contributed by atoms with van der Waals surface area (Å²) in [6, 6.07) is 9.51. The molecule has 6 heteroatoms. The van der Waals surface area contributed by atoms with E-state index in [2.05, 4.69) is 0 Å².